The summed E-state index contributed by atoms with van der Waals surface area (Å²) in [6.07, 6.45) is 2.12. The van der Waals surface area contributed by atoms with Crippen molar-refractivity contribution >= 4 is 42.4 Å². The molecule has 0 amide bonds. The van der Waals surface area contributed by atoms with Crippen LogP contribution in [0.25, 0.3) is 26.4 Å². The second-order valence-electron chi connectivity index (χ2n) is 4.86. The smallest absolute Gasteiger partial charge is 0.195 e. The molecule has 0 aliphatic heterocycles. The highest BCUT2D eigenvalue weighted by molar-refractivity contribution is 9.10. The molecule has 0 saturated heterocycles. The molecule has 0 saturated carbocycles. The average Bonchev–Trinajstić information content (AvgIpc) is 2.95. The van der Waals surface area contributed by atoms with E-state index in [0.29, 0.717) is 0 Å². The van der Waals surface area contributed by atoms with E-state index in [1.165, 1.54) is 15.8 Å². The van der Waals surface area contributed by atoms with Gasteiger partial charge in [0.2, 0.25) is 0 Å². The lowest BCUT2D eigenvalue weighted by molar-refractivity contribution is 1.29. The number of hydrogen-bond donors (Lipinski definition) is 0. The third-order valence-electron chi connectivity index (χ3n) is 3.37. The number of thiazole rings is 1. The monoisotopic (exact) mass is 342 g/mol. The highest BCUT2D eigenvalue weighted by atomic mass is 79.9. The van der Waals surface area contributed by atoms with Crippen LogP contribution in [0.5, 0.6) is 0 Å². The number of imidazole rings is 1. The van der Waals surface area contributed by atoms with E-state index in [4.69, 9.17) is 4.98 Å². The zero-order chi connectivity index (χ0) is 13.7. The normalized spacial score (nSPS) is 11.5. The van der Waals surface area contributed by atoms with Crippen molar-refractivity contribution in [3.8, 4) is 11.3 Å². The molecule has 20 heavy (non-hydrogen) atoms. The van der Waals surface area contributed by atoms with Crippen molar-refractivity contribution in [2.45, 2.75) is 6.92 Å². The van der Waals surface area contributed by atoms with Crippen LogP contribution in [-0.2, 0) is 0 Å². The first-order valence-electron chi connectivity index (χ1n) is 6.35. The molecule has 0 fully saturated rings. The lowest BCUT2D eigenvalue weighted by atomic mass is 10.2. The quantitative estimate of drug-likeness (QED) is 0.459. The van der Waals surface area contributed by atoms with Gasteiger partial charge in [0, 0.05) is 16.2 Å². The van der Waals surface area contributed by atoms with Crippen molar-refractivity contribution in [2.75, 3.05) is 0 Å². The summed E-state index contributed by atoms with van der Waals surface area (Å²) >= 11 is 5.25. The van der Waals surface area contributed by atoms with Gasteiger partial charge in [-0.3, -0.25) is 4.40 Å². The molecule has 4 rings (SSSR count). The van der Waals surface area contributed by atoms with Gasteiger partial charge in [-0.2, -0.15) is 0 Å². The zero-order valence-electron chi connectivity index (χ0n) is 10.8. The van der Waals surface area contributed by atoms with Crippen molar-refractivity contribution in [3.63, 3.8) is 0 Å². The van der Waals surface area contributed by atoms with Crippen LogP contribution in [0, 0.1) is 6.92 Å². The van der Waals surface area contributed by atoms with Gasteiger partial charge in [-0.15, -0.1) is 0 Å². The molecule has 0 unspecified atom stereocenters. The molecular formula is C16H11BrN2S. The Morgan fingerprint density at radius 2 is 2.05 bits per heavy atom. The fourth-order valence-electron chi connectivity index (χ4n) is 2.40. The lowest BCUT2D eigenvalue weighted by Gasteiger charge is -1.97. The van der Waals surface area contributed by atoms with Gasteiger partial charge in [0.25, 0.3) is 0 Å². The van der Waals surface area contributed by atoms with E-state index in [0.717, 1.165) is 20.7 Å². The summed E-state index contributed by atoms with van der Waals surface area (Å²) in [5.41, 5.74) is 4.66. The molecule has 98 valence electrons. The van der Waals surface area contributed by atoms with Crippen molar-refractivity contribution in [3.05, 3.63) is 58.7 Å². The number of rotatable bonds is 1. The molecule has 4 heteroatoms. The Morgan fingerprint density at radius 1 is 1.15 bits per heavy atom. The third kappa shape index (κ3) is 1.87. The zero-order valence-corrected chi connectivity index (χ0v) is 13.2. The SMILES string of the molecule is Cc1ccc2c(c1)sc1nc(-c3cccc(Br)c3)cn12. The maximum Gasteiger partial charge on any atom is 0.195 e. The summed E-state index contributed by atoms with van der Waals surface area (Å²) in [7, 11) is 0. The largest absolute Gasteiger partial charge is 0.290 e. The Hall–Kier alpha value is -1.65. The van der Waals surface area contributed by atoms with Gasteiger partial charge >= 0.3 is 0 Å². The number of benzene rings is 2. The second kappa shape index (κ2) is 4.43. The highest BCUT2D eigenvalue weighted by Crippen LogP contribution is 2.30. The van der Waals surface area contributed by atoms with Gasteiger partial charge in [-0.05, 0) is 36.8 Å². The summed E-state index contributed by atoms with van der Waals surface area (Å²) in [5.74, 6) is 0. The molecule has 4 aromatic rings. The second-order valence-corrected chi connectivity index (χ2v) is 6.79. The first kappa shape index (κ1) is 12.1. The number of halogens is 1. The Bertz CT molecular complexity index is 936. The molecule has 0 radical (unpaired) electrons. The number of aryl methyl sites for hydroxylation is 1. The molecule has 2 aromatic heterocycles. The number of hydrogen-bond acceptors (Lipinski definition) is 2. The number of aromatic nitrogens is 2. The van der Waals surface area contributed by atoms with Gasteiger partial charge < -0.3 is 0 Å². The van der Waals surface area contributed by atoms with Crippen LogP contribution in [0.4, 0.5) is 0 Å². The van der Waals surface area contributed by atoms with Crippen LogP contribution in [0.2, 0.25) is 0 Å². The minimum absolute atomic E-state index is 1.01. The lowest BCUT2D eigenvalue weighted by Crippen LogP contribution is -1.78. The topological polar surface area (TPSA) is 17.3 Å². The molecule has 2 heterocycles. The van der Waals surface area contributed by atoms with Crippen molar-refractivity contribution in [1.29, 1.82) is 0 Å². The van der Waals surface area contributed by atoms with E-state index in [1.807, 2.05) is 12.1 Å². The Labute approximate surface area is 128 Å². The third-order valence-corrected chi connectivity index (χ3v) is 4.88. The Morgan fingerprint density at radius 3 is 2.90 bits per heavy atom. The maximum absolute atomic E-state index is 4.75. The van der Waals surface area contributed by atoms with E-state index in [-0.39, 0.29) is 0 Å². The molecule has 0 N–H and O–H groups in total. The first-order chi connectivity index (χ1) is 9.70. The van der Waals surface area contributed by atoms with Gasteiger partial charge in [-0.1, -0.05) is 45.5 Å². The maximum atomic E-state index is 4.75. The van der Waals surface area contributed by atoms with Crippen LogP contribution in [0.3, 0.4) is 0 Å². The van der Waals surface area contributed by atoms with Crippen molar-refractivity contribution in [2.24, 2.45) is 0 Å². The summed E-state index contributed by atoms with van der Waals surface area (Å²) in [5, 5.41) is 0. The van der Waals surface area contributed by atoms with Crippen molar-refractivity contribution < 1.29 is 0 Å². The van der Waals surface area contributed by atoms with Gasteiger partial charge in [-0.25, -0.2) is 4.98 Å². The molecule has 0 aliphatic carbocycles. The average molecular weight is 343 g/mol. The molecule has 2 nitrogen and oxygen atoms in total. The minimum atomic E-state index is 1.01. The van der Waals surface area contributed by atoms with Gasteiger partial charge in [0.1, 0.15) is 0 Å². The van der Waals surface area contributed by atoms with Crippen LogP contribution in [0.15, 0.2) is 53.1 Å². The minimum Gasteiger partial charge on any atom is -0.290 e. The van der Waals surface area contributed by atoms with E-state index < -0.39 is 0 Å². The summed E-state index contributed by atoms with van der Waals surface area (Å²) in [4.78, 5) is 5.79. The van der Waals surface area contributed by atoms with Gasteiger partial charge in [0.05, 0.1) is 15.9 Å². The highest BCUT2D eigenvalue weighted by Gasteiger charge is 2.10. The summed E-state index contributed by atoms with van der Waals surface area (Å²) in [6, 6.07) is 14.8. The molecule has 0 bridgehead atoms. The standard InChI is InChI=1S/C16H11BrN2S/c1-10-5-6-14-15(7-10)20-16-18-13(9-19(14)16)11-3-2-4-12(17)8-11/h2-9H,1H3. The Balaban J connectivity index is 1.95. The van der Waals surface area contributed by atoms with Crippen LogP contribution >= 0.6 is 27.3 Å². The summed E-state index contributed by atoms with van der Waals surface area (Å²) < 4.78 is 4.54. The van der Waals surface area contributed by atoms with Crippen LogP contribution in [-0.4, -0.2) is 9.38 Å². The van der Waals surface area contributed by atoms with Gasteiger partial charge in [0.15, 0.2) is 4.96 Å². The fraction of sp³-hybridized carbons (Fsp3) is 0.0625. The molecular weight excluding hydrogens is 332 g/mol. The van der Waals surface area contributed by atoms with E-state index in [9.17, 15) is 0 Å². The predicted octanol–water partition coefficient (Wildman–Crippen LogP) is 5.29. The van der Waals surface area contributed by atoms with E-state index in [2.05, 4.69) is 63.8 Å². The van der Waals surface area contributed by atoms with Crippen LogP contribution < -0.4 is 0 Å². The van der Waals surface area contributed by atoms with Crippen molar-refractivity contribution in [1.82, 2.24) is 9.38 Å². The van der Waals surface area contributed by atoms with E-state index >= 15 is 0 Å². The number of nitrogens with zero attached hydrogens (tertiary/aromatic N) is 2. The molecule has 0 spiro atoms. The summed E-state index contributed by atoms with van der Waals surface area (Å²) in [6.45, 7) is 2.12. The fourth-order valence-corrected chi connectivity index (χ4v) is 3.90. The van der Waals surface area contributed by atoms with Crippen LogP contribution in [0.1, 0.15) is 5.56 Å². The first-order valence-corrected chi connectivity index (χ1v) is 7.96. The molecule has 2 aromatic carbocycles. The predicted molar refractivity (Wildman–Crippen MR) is 88.4 cm³/mol. The molecule has 0 atom stereocenters. The number of fused-ring (bicyclic) bond motifs is 3. The Kier molecular flexibility index (Phi) is 2.69. The van der Waals surface area contributed by atoms with E-state index in [1.54, 1.807) is 11.3 Å². The molecule has 0 aliphatic rings.